The molecule has 0 aromatic carbocycles. The number of hydrogen-bond donors (Lipinski definition) is 1. The molecule has 4 unspecified atom stereocenters. The van der Waals surface area contributed by atoms with E-state index in [1.807, 2.05) is 6.92 Å². The van der Waals surface area contributed by atoms with Gasteiger partial charge in [-0.2, -0.15) is 26.3 Å². The summed E-state index contributed by atoms with van der Waals surface area (Å²) in [5, 5.41) is 9.34. The van der Waals surface area contributed by atoms with Crippen molar-refractivity contribution in [2.75, 3.05) is 0 Å². The lowest BCUT2D eigenvalue weighted by Gasteiger charge is -2.38. The maximum Gasteiger partial charge on any atom is 0.426 e. The van der Waals surface area contributed by atoms with Crippen molar-refractivity contribution in [3.05, 3.63) is 0 Å². The van der Waals surface area contributed by atoms with Crippen LogP contribution in [0, 0.1) is 23.7 Å². The smallest absolute Gasteiger partial charge is 0.374 e. The van der Waals surface area contributed by atoms with Gasteiger partial charge in [-0.25, -0.2) is 0 Å². The zero-order chi connectivity index (χ0) is 16.1. The average Bonchev–Trinajstić information content (AvgIpc) is 2.85. The van der Waals surface area contributed by atoms with Crippen LogP contribution in [0.1, 0.15) is 45.4 Å². The van der Waals surface area contributed by atoms with E-state index in [1.54, 1.807) is 0 Å². The van der Waals surface area contributed by atoms with Gasteiger partial charge in [0.05, 0.1) is 0 Å². The van der Waals surface area contributed by atoms with E-state index in [0.29, 0.717) is 12.8 Å². The molecule has 1 N–H and O–H groups in total. The Morgan fingerprint density at radius 2 is 1.43 bits per heavy atom. The van der Waals surface area contributed by atoms with Gasteiger partial charge >= 0.3 is 12.4 Å². The molecule has 2 rings (SSSR count). The molecule has 2 aliphatic rings. The maximum atomic E-state index is 12.8. The summed E-state index contributed by atoms with van der Waals surface area (Å²) in [6.07, 6.45) is -8.91. The van der Waals surface area contributed by atoms with E-state index in [-0.39, 0.29) is 17.8 Å². The number of alkyl halides is 6. The van der Waals surface area contributed by atoms with Crippen molar-refractivity contribution in [1.82, 2.24) is 0 Å². The molecule has 1 nitrogen and oxygen atoms in total. The maximum absolute atomic E-state index is 12.8. The van der Waals surface area contributed by atoms with Crippen LogP contribution in [0.25, 0.3) is 0 Å². The fraction of sp³-hybridized carbons (Fsp3) is 1.00. The van der Waals surface area contributed by atoms with Gasteiger partial charge in [0.25, 0.3) is 5.60 Å². The van der Waals surface area contributed by atoms with Crippen LogP contribution < -0.4 is 0 Å². The number of hydrogen-bond acceptors (Lipinski definition) is 1. The van der Waals surface area contributed by atoms with Crippen molar-refractivity contribution in [1.29, 1.82) is 0 Å². The normalized spacial score (nSPS) is 33.7. The van der Waals surface area contributed by atoms with E-state index in [9.17, 15) is 31.4 Å². The van der Waals surface area contributed by atoms with Gasteiger partial charge in [-0.1, -0.05) is 19.8 Å². The summed E-state index contributed by atoms with van der Waals surface area (Å²) in [5.74, 6) is -0.355. The Balaban J connectivity index is 2.16. The van der Waals surface area contributed by atoms with Crippen LogP contribution in [0.3, 0.4) is 0 Å². The van der Waals surface area contributed by atoms with Crippen LogP contribution in [-0.4, -0.2) is 23.1 Å². The Morgan fingerprint density at radius 1 is 0.905 bits per heavy atom. The minimum atomic E-state index is -5.69. The fourth-order valence-corrected chi connectivity index (χ4v) is 4.36. The summed E-state index contributed by atoms with van der Waals surface area (Å²) in [7, 11) is 0. The average molecular weight is 318 g/mol. The Hall–Kier alpha value is -0.460. The third-order valence-electron chi connectivity index (χ3n) is 5.24. The topological polar surface area (TPSA) is 20.2 Å². The summed E-state index contributed by atoms with van der Waals surface area (Å²) >= 11 is 0. The molecular weight excluding hydrogens is 298 g/mol. The molecule has 124 valence electrons. The fourth-order valence-electron chi connectivity index (χ4n) is 4.36. The van der Waals surface area contributed by atoms with Gasteiger partial charge in [-0.3, -0.25) is 0 Å². The van der Waals surface area contributed by atoms with E-state index in [2.05, 4.69) is 0 Å². The minimum absolute atomic E-state index is 0.105. The van der Waals surface area contributed by atoms with E-state index in [0.717, 1.165) is 19.3 Å². The second-order valence-corrected chi connectivity index (χ2v) is 6.61. The van der Waals surface area contributed by atoms with Crippen LogP contribution in [0.5, 0.6) is 0 Å². The first-order valence-electron chi connectivity index (χ1n) is 7.35. The van der Waals surface area contributed by atoms with Gasteiger partial charge < -0.3 is 5.11 Å². The predicted molar refractivity (Wildman–Crippen MR) is 64.4 cm³/mol. The second kappa shape index (κ2) is 5.32. The summed E-state index contributed by atoms with van der Waals surface area (Å²) in [6, 6.07) is 0. The summed E-state index contributed by atoms with van der Waals surface area (Å²) in [4.78, 5) is 0. The van der Waals surface area contributed by atoms with Gasteiger partial charge in [-0.15, -0.1) is 0 Å². The van der Waals surface area contributed by atoms with Gasteiger partial charge in [0.1, 0.15) is 0 Å². The lowest BCUT2D eigenvalue weighted by molar-refractivity contribution is -0.373. The van der Waals surface area contributed by atoms with Crippen LogP contribution in [0.15, 0.2) is 0 Å². The highest BCUT2D eigenvalue weighted by atomic mass is 19.4. The van der Waals surface area contributed by atoms with Crippen LogP contribution >= 0.6 is 0 Å². The van der Waals surface area contributed by atoms with Crippen LogP contribution in [0.2, 0.25) is 0 Å². The van der Waals surface area contributed by atoms with Gasteiger partial charge in [0.2, 0.25) is 0 Å². The van der Waals surface area contributed by atoms with Gasteiger partial charge in [-0.05, 0) is 49.4 Å². The summed E-state index contributed by atoms with van der Waals surface area (Å²) in [6.45, 7) is 1.96. The molecule has 0 radical (unpaired) electrons. The van der Waals surface area contributed by atoms with E-state index in [1.165, 1.54) is 0 Å². The summed E-state index contributed by atoms with van der Waals surface area (Å²) < 4.78 is 76.6. The number of rotatable bonds is 4. The van der Waals surface area contributed by atoms with E-state index >= 15 is 0 Å². The molecule has 2 fully saturated rings. The Bertz CT molecular complexity index is 361. The highest BCUT2D eigenvalue weighted by molar-refractivity contribution is 5.02. The predicted octanol–water partition coefficient (Wildman–Crippen LogP) is 4.69. The lowest BCUT2D eigenvalue weighted by Crippen LogP contribution is -2.58. The molecule has 2 saturated carbocycles. The summed E-state index contributed by atoms with van der Waals surface area (Å²) in [5.41, 5.74) is -4.58. The van der Waals surface area contributed by atoms with Crippen molar-refractivity contribution in [3.63, 3.8) is 0 Å². The lowest BCUT2D eigenvalue weighted by atomic mass is 9.73. The Morgan fingerprint density at radius 3 is 1.86 bits per heavy atom. The van der Waals surface area contributed by atoms with E-state index in [4.69, 9.17) is 0 Å². The molecule has 0 spiro atoms. The molecule has 0 amide bonds. The molecular formula is C14H20F6O. The first-order chi connectivity index (χ1) is 9.49. The van der Waals surface area contributed by atoms with Crippen molar-refractivity contribution < 1.29 is 31.4 Å². The molecule has 2 bridgehead atoms. The minimum Gasteiger partial charge on any atom is -0.374 e. The molecule has 7 heteroatoms. The van der Waals surface area contributed by atoms with Crippen molar-refractivity contribution in [3.8, 4) is 0 Å². The van der Waals surface area contributed by atoms with E-state index < -0.39 is 30.3 Å². The van der Waals surface area contributed by atoms with Gasteiger partial charge in [0.15, 0.2) is 0 Å². The first kappa shape index (κ1) is 16.9. The van der Waals surface area contributed by atoms with Crippen LogP contribution in [0.4, 0.5) is 26.3 Å². The highest BCUT2D eigenvalue weighted by Crippen LogP contribution is 2.58. The zero-order valence-electron chi connectivity index (χ0n) is 11.8. The molecule has 0 aliphatic heterocycles. The van der Waals surface area contributed by atoms with Crippen molar-refractivity contribution >= 4 is 0 Å². The highest BCUT2D eigenvalue weighted by Gasteiger charge is 2.71. The third kappa shape index (κ3) is 2.90. The van der Waals surface area contributed by atoms with Crippen molar-refractivity contribution in [2.45, 2.75) is 63.4 Å². The van der Waals surface area contributed by atoms with Crippen LogP contribution in [-0.2, 0) is 0 Å². The quantitative estimate of drug-likeness (QED) is 0.745. The number of fused-ring (bicyclic) bond motifs is 2. The number of aliphatic hydroxyl groups is 1. The molecule has 0 heterocycles. The zero-order valence-corrected chi connectivity index (χ0v) is 11.8. The first-order valence-corrected chi connectivity index (χ1v) is 7.35. The molecule has 4 atom stereocenters. The van der Waals surface area contributed by atoms with Gasteiger partial charge in [0, 0.05) is 0 Å². The second-order valence-electron chi connectivity index (χ2n) is 6.61. The number of halogens is 6. The Labute approximate surface area is 119 Å². The Kier molecular flexibility index (Phi) is 4.28. The standard InChI is InChI=1S/C14H20F6O/c1-2-3-9-4-8-5-10(11(9)6-8)7-12(21,13(15,16)17)14(18,19)20/h8-11,21H,2-7H2,1H3. The monoisotopic (exact) mass is 318 g/mol. The SMILES string of the molecule is CCCC1CC2CC(CC(O)(C(F)(F)F)C(F)(F)F)C1C2. The molecule has 2 aliphatic carbocycles. The largest absolute Gasteiger partial charge is 0.426 e. The molecule has 0 aromatic heterocycles. The molecule has 0 saturated heterocycles. The molecule has 21 heavy (non-hydrogen) atoms. The molecule has 0 aromatic rings. The third-order valence-corrected chi connectivity index (χ3v) is 5.24. The van der Waals surface area contributed by atoms with Crippen molar-refractivity contribution in [2.24, 2.45) is 23.7 Å².